The number of anilines is 1. The van der Waals surface area contributed by atoms with E-state index in [0.29, 0.717) is 5.92 Å². The van der Waals surface area contributed by atoms with Gasteiger partial charge in [-0.05, 0) is 57.9 Å². The summed E-state index contributed by atoms with van der Waals surface area (Å²) in [4.78, 5) is 15.2. The number of thioether (sulfide) groups is 1. The number of hydrogen-bond donors (Lipinski definition) is 1. The van der Waals surface area contributed by atoms with E-state index < -0.39 is 5.60 Å². The molecular weight excluding hydrogens is 308 g/mol. The third kappa shape index (κ3) is 5.65. The molecule has 1 aliphatic rings. The number of piperidine rings is 1. The Kier molecular flexibility index (Phi) is 6.22. The van der Waals surface area contributed by atoms with Crippen LogP contribution < -0.4 is 5.32 Å². The summed E-state index contributed by atoms with van der Waals surface area (Å²) in [7, 11) is 0. The molecule has 128 valence electrons. The van der Waals surface area contributed by atoms with Crippen molar-refractivity contribution in [3.63, 3.8) is 0 Å². The zero-order valence-electron chi connectivity index (χ0n) is 14.6. The molecular formula is C18H28N2O2S. The first-order chi connectivity index (χ1) is 10.9. The second-order valence-corrected chi connectivity index (χ2v) is 7.84. The van der Waals surface area contributed by atoms with Crippen LogP contribution in [0.15, 0.2) is 29.2 Å². The fourth-order valence-electron chi connectivity index (χ4n) is 2.69. The molecule has 0 saturated carbocycles. The maximum Gasteiger partial charge on any atom is 0.410 e. The van der Waals surface area contributed by atoms with Crippen LogP contribution in [-0.2, 0) is 4.74 Å². The average molecular weight is 337 g/mol. The van der Waals surface area contributed by atoms with E-state index in [4.69, 9.17) is 4.74 Å². The van der Waals surface area contributed by atoms with Crippen molar-refractivity contribution in [2.45, 2.75) is 44.1 Å². The van der Waals surface area contributed by atoms with Crippen molar-refractivity contribution in [1.82, 2.24) is 4.90 Å². The predicted molar refractivity (Wildman–Crippen MR) is 97.2 cm³/mol. The van der Waals surface area contributed by atoms with Crippen LogP contribution in [0.3, 0.4) is 0 Å². The van der Waals surface area contributed by atoms with E-state index in [-0.39, 0.29) is 6.09 Å². The second kappa shape index (κ2) is 7.95. The van der Waals surface area contributed by atoms with Gasteiger partial charge in [0.2, 0.25) is 0 Å². The minimum atomic E-state index is -0.420. The average Bonchev–Trinajstić information content (AvgIpc) is 2.52. The summed E-state index contributed by atoms with van der Waals surface area (Å²) < 4.78 is 5.44. The Morgan fingerprint density at radius 1 is 1.30 bits per heavy atom. The third-order valence-corrected chi connectivity index (χ3v) is 4.75. The first-order valence-electron chi connectivity index (χ1n) is 8.24. The quantitative estimate of drug-likeness (QED) is 0.824. The van der Waals surface area contributed by atoms with Gasteiger partial charge in [-0.3, -0.25) is 0 Å². The summed E-state index contributed by atoms with van der Waals surface area (Å²) in [5, 5.41) is 3.56. The van der Waals surface area contributed by atoms with Gasteiger partial charge in [-0.25, -0.2) is 4.79 Å². The molecule has 1 saturated heterocycles. The molecule has 0 radical (unpaired) electrons. The molecule has 0 bridgehead atoms. The molecule has 23 heavy (non-hydrogen) atoms. The lowest BCUT2D eigenvalue weighted by molar-refractivity contribution is 0.0188. The number of carbonyl (C=O) groups excluding carboxylic acids is 1. The molecule has 1 heterocycles. The zero-order valence-corrected chi connectivity index (χ0v) is 15.4. The lowest BCUT2D eigenvalue weighted by Crippen LogP contribution is -2.42. The molecule has 1 aromatic carbocycles. The largest absolute Gasteiger partial charge is 0.444 e. The van der Waals surface area contributed by atoms with Crippen molar-refractivity contribution in [3.8, 4) is 0 Å². The Labute approximate surface area is 144 Å². The Morgan fingerprint density at radius 2 is 1.96 bits per heavy atom. The lowest BCUT2D eigenvalue weighted by Gasteiger charge is -2.33. The van der Waals surface area contributed by atoms with Gasteiger partial charge in [0.25, 0.3) is 0 Å². The molecule has 0 spiro atoms. The van der Waals surface area contributed by atoms with E-state index in [2.05, 4.69) is 35.8 Å². The highest BCUT2D eigenvalue weighted by Gasteiger charge is 2.26. The molecule has 1 N–H and O–H groups in total. The zero-order chi connectivity index (χ0) is 16.9. The fraction of sp³-hybridized carbons (Fsp3) is 0.611. The van der Waals surface area contributed by atoms with E-state index in [1.54, 1.807) is 11.8 Å². The molecule has 1 fully saturated rings. The maximum atomic E-state index is 12.1. The van der Waals surface area contributed by atoms with Crippen LogP contribution in [-0.4, -0.2) is 42.5 Å². The smallest absolute Gasteiger partial charge is 0.410 e. The Balaban J connectivity index is 1.78. The van der Waals surface area contributed by atoms with Gasteiger partial charge in [-0.2, -0.15) is 0 Å². The van der Waals surface area contributed by atoms with Crippen molar-refractivity contribution in [3.05, 3.63) is 24.3 Å². The van der Waals surface area contributed by atoms with Crippen molar-refractivity contribution in [1.29, 1.82) is 0 Å². The number of carbonyl (C=O) groups is 1. The molecule has 1 amide bonds. The number of amides is 1. The Morgan fingerprint density at radius 3 is 2.57 bits per heavy atom. The van der Waals surface area contributed by atoms with Gasteiger partial charge in [0.05, 0.1) is 0 Å². The monoisotopic (exact) mass is 336 g/mol. The minimum Gasteiger partial charge on any atom is -0.444 e. The predicted octanol–water partition coefficient (Wildman–Crippen LogP) is 4.47. The highest BCUT2D eigenvalue weighted by Crippen LogP contribution is 2.26. The van der Waals surface area contributed by atoms with Crippen LogP contribution in [0.25, 0.3) is 0 Å². The topological polar surface area (TPSA) is 41.6 Å². The van der Waals surface area contributed by atoms with Gasteiger partial charge in [0.1, 0.15) is 5.60 Å². The molecule has 0 aromatic heterocycles. The molecule has 0 atom stereocenters. The number of para-hydroxylation sites is 1. The van der Waals surface area contributed by atoms with Crippen molar-refractivity contribution < 1.29 is 9.53 Å². The SMILES string of the molecule is CSc1ccccc1NCC1CCN(C(=O)OC(C)(C)C)CC1. The first-order valence-corrected chi connectivity index (χ1v) is 9.46. The van der Waals surface area contributed by atoms with Gasteiger partial charge in [-0.15, -0.1) is 11.8 Å². The van der Waals surface area contributed by atoms with Crippen LogP contribution in [0, 0.1) is 5.92 Å². The molecule has 1 aliphatic heterocycles. The highest BCUT2D eigenvalue weighted by molar-refractivity contribution is 7.98. The van der Waals surface area contributed by atoms with Crippen LogP contribution >= 0.6 is 11.8 Å². The number of benzene rings is 1. The summed E-state index contributed by atoms with van der Waals surface area (Å²) >= 11 is 1.76. The van der Waals surface area contributed by atoms with Gasteiger partial charge < -0.3 is 15.0 Å². The molecule has 4 nitrogen and oxygen atoms in total. The van der Waals surface area contributed by atoms with E-state index in [1.165, 1.54) is 10.6 Å². The van der Waals surface area contributed by atoms with E-state index in [1.807, 2.05) is 25.7 Å². The molecule has 0 aliphatic carbocycles. The van der Waals surface area contributed by atoms with Gasteiger partial charge in [0, 0.05) is 30.2 Å². The van der Waals surface area contributed by atoms with Crippen LogP contribution in [0.4, 0.5) is 10.5 Å². The number of hydrogen-bond acceptors (Lipinski definition) is 4. The second-order valence-electron chi connectivity index (χ2n) is 6.99. The summed E-state index contributed by atoms with van der Waals surface area (Å²) in [6.45, 7) is 8.25. The number of likely N-dealkylation sites (tertiary alicyclic amines) is 1. The normalized spacial score (nSPS) is 16.3. The Bertz CT molecular complexity index is 520. The van der Waals surface area contributed by atoms with E-state index in [9.17, 15) is 4.79 Å². The van der Waals surface area contributed by atoms with Crippen molar-refractivity contribution in [2.75, 3.05) is 31.2 Å². The van der Waals surface area contributed by atoms with E-state index in [0.717, 1.165) is 32.5 Å². The standard InChI is InChI=1S/C18H28N2O2S/c1-18(2,3)22-17(21)20-11-9-14(10-12-20)13-19-15-7-5-6-8-16(15)23-4/h5-8,14,19H,9-13H2,1-4H3. The molecule has 5 heteroatoms. The van der Waals surface area contributed by atoms with Gasteiger partial charge >= 0.3 is 6.09 Å². The number of nitrogens with one attached hydrogen (secondary N) is 1. The lowest BCUT2D eigenvalue weighted by atomic mass is 9.97. The van der Waals surface area contributed by atoms with Crippen LogP contribution in [0.1, 0.15) is 33.6 Å². The van der Waals surface area contributed by atoms with Crippen LogP contribution in [0.5, 0.6) is 0 Å². The molecule has 0 unspecified atom stereocenters. The summed E-state index contributed by atoms with van der Waals surface area (Å²) in [5.74, 6) is 0.601. The summed E-state index contributed by atoms with van der Waals surface area (Å²) in [6.07, 6.45) is 3.96. The van der Waals surface area contributed by atoms with Gasteiger partial charge in [0.15, 0.2) is 0 Å². The third-order valence-electron chi connectivity index (χ3n) is 3.95. The first kappa shape index (κ1) is 18.0. The van der Waals surface area contributed by atoms with Gasteiger partial charge in [-0.1, -0.05) is 12.1 Å². The van der Waals surface area contributed by atoms with Crippen molar-refractivity contribution >= 4 is 23.5 Å². The molecule has 1 aromatic rings. The number of ether oxygens (including phenoxy) is 1. The van der Waals surface area contributed by atoms with Crippen molar-refractivity contribution in [2.24, 2.45) is 5.92 Å². The minimum absolute atomic E-state index is 0.184. The highest BCUT2D eigenvalue weighted by atomic mass is 32.2. The Hall–Kier alpha value is -1.36. The summed E-state index contributed by atoms with van der Waals surface area (Å²) in [6, 6.07) is 8.39. The number of nitrogens with zero attached hydrogens (tertiary/aromatic N) is 1. The van der Waals surface area contributed by atoms with Crippen LogP contribution in [0.2, 0.25) is 0 Å². The summed E-state index contributed by atoms with van der Waals surface area (Å²) in [5.41, 5.74) is 0.784. The fourth-order valence-corrected chi connectivity index (χ4v) is 3.27. The molecule has 2 rings (SSSR count). The van der Waals surface area contributed by atoms with E-state index >= 15 is 0 Å². The number of rotatable bonds is 4. The maximum absolute atomic E-state index is 12.1.